The fraction of sp³-hybridized carbons (Fsp3) is 0.273. The van der Waals surface area contributed by atoms with Gasteiger partial charge in [0.25, 0.3) is 0 Å². The van der Waals surface area contributed by atoms with Crippen molar-refractivity contribution in [3.63, 3.8) is 0 Å². The van der Waals surface area contributed by atoms with Crippen LogP contribution in [-0.2, 0) is 24.8 Å². The van der Waals surface area contributed by atoms with Crippen LogP contribution in [0.1, 0.15) is 23.7 Å². The molecule has 2 heterocycles. The molecule has 160 valence electrons. The number of carbonyl (C=O) groups is 1. The summed E-state index contributed by atoms with van der Waals surface area (Å²) in [6.45, 7) is 4.14. The number of nitrogens with one attached hydrogen (secondary N) is 1. The lowest BCUT2D eigenvalue weighted by molar-refractivity contribution is 0.155. The molecule has 2 aromatic carbocycles. The molecular weight excluding hydrogens is 414 g/mol. The predicted molar refractivity (Wildman–Crippen MR) is 121 cm³/mol. The number of anilines is 1. The monoisotopic (exact) mass is 437 g/mol. The molecule has 0 spiro atoms. The minimum absolute atomic E-state index is 0.136. The Hall–Kier alpha value is -3.46. The number of aryl methyl sites for hydroxylation is 3. The van der Waals surface area contributed by atoms with Crippen molar-refractivity contribution in [3.8, 4) is 16.3 Å². The molecule has 31 heavy (non-hydrogen) atoms. The van der Waals surface area contributed by atoms with Crippen molar-refractivity contribution in [1.82, 2.24) is 20.0 Å². The van der Waals surface area contributed by atoms with Gasteiger partial charge >= 0.3 is 6.09 Å². The SMILES string of the molecule is CCc1nc(-c2ccc(C)cc2OC)sc1NC(=O)OCc1ccc2c(c1)nnn2C. The van der Waals surface area contributed by atoms with Gasteiger partial charge < -0.3 is 9.47 Å². The van der Waals surface area contributed by atoms with Crippen molar-refractivity contribution < 1.29 is 14.3 Å². The molecule has 8 nitrogen and oxygen atoms in total. The van der Waals surface area contributed by atoms with E-state index in [1.807, 2.05) is 57.3 Å². The maximum Gasteiger partial charge on any atom is 0.412 e. The van der Waals surface area contributed by atoms with E-state index < -0.39 is 6.09 Å². The zero-order valence-corrected chi connectivity index (χ0v) is 18.6. The van der Waals surface area contributed by atoms with Crippen molar-refractivity contribution >= 4 is 33.5 Å². The number of aromatic nitrogens is 4. The first-order chi connectivity index (χ1) is 15.0. The third kappa shape index (κ3) is 4.36. The number of thiazole rings is 1. The summed E-state index contributed by atoms with van der Waals surface area (Å²) in [7, 11) is 3.47. The molecule has 0 saturated carbocycles. The number of fused-ring (bicyclic) bond motifs is 1. The van der Waals surface area contributed by atoms with Gasteiger partial charge in [0.2, 0.25) is 0 Å². The highest BCUT2D eigenvalue weighted by Gasteiger charge is 2.17. The lowest BCUT2D eigenvalue weighted by Gasteiger charge is -2.07. The van der Waals surface area contributed by atoms with Crippen LogP contribution in [0.2, 0.25) is 0 Å². The number of carbonyl (C=O) groups excluding carboxylic acids is 1. The van der Waals surface area contributed by atoms with Gasteiger partial charge in [-0.2, -0.15) is 0 Å². The smallest absolute Gasteiger partial charge is 0.412 e. The van der Waals surface area contributed by atoms with Crippen LogP contribution in [0, 0.1) is 6.92 Å². The van der Waals surface area contributed by atoms with Crippen LogP contribution in [0.3, 0.4) is 0 Å². The standard InChI is InChI=1S/C22H23N5O3S/c1-5-16-21(31-20(23-16)15-8-6-13(2)10-19(15)29-4)24-22(28)30-12-14-7-9-18-17(11-14)25-26-27(18)3/h6-11H,5,12H2,1-4H3,(H,24,28). The van der Waals surface area contributed by atoms with Crippen LogP contribution in [0.25, 0.3) is 21.6 Å². The Balaban J connectivity index is 1.47. The van der Waals surface area contributed by atoms with E-state index >= 15 is 0 Å². The first-order valence-corrected chi connectivity index (χ1v) is 10.7. The highest BCUT2D eigenvalue weighted by molar-refractivity contribution is 7.19. The Bertz CT molecular complexity index is 1250. The topological polar surface area (TPSA) is 91.2 Å². The second-order valence-corrected chi connectivity index (χ2v) is 8.09. The second-order valence-electron chi connectivity index (χ2n) is 7.09. The van der Waals surface area contributed by atoms with Gasteiger partial charge in [-0.25, -0.2) is 14.5 Å². The number of hydrogen-bond acceptors (Lipinski definition) is 7. The highest BCUT2D eigenvalue weighted by atomic mass is 32.1. The molecule has 4 aromatic rings. The summed E-state index contributed by atoms with van der Waals surface area (Å²) in [6, 6.07) is 11.6. The Morgan fingerprint density at radius 1 is 1.23 bits per heavy atom. The second kappa shape index (κ2) is 8.73. The lowest BCUT2D eigenvalue weighted by atomic mass is 10.1. The van der Waals surface area contributed by atoms with Crippen LogP contribution in [0.5, 0.6) is 5.75 Å². The number of amides is 1. The summed E-state index contributed by atoms with van der Waals surface area (Å²) < 4.78 is 12.6. The summed E-state index contributed by atoms with van der Waals surface area (Å²) in [4.78, 5) is 17.1. The first kappa shape index (κ1) is 20.8. The Kier molecular flexibility index (Phi) is 5.85. The van der Waals surface area contributed by atoms with Crippen molar-refractivity contribution in [3.05, 3.63) is 53.2 Å². The van der Waals surface area contributed by atoms with Gasteiger partial charge in [-0.05, 0) is 48.7 Å². The zero-order chi connectivity index (χ0) is 22.0. The maximum absolute atomic E-state index is 12.4. The van der Waals surface area contributed by atoms with Gasteiger partial charge in [-0.1, -0.05) is 35.6 Å². The Morgan fingerprint density at radius 3 is 2.84 bits per heavy atom. The largest absolute Gasteiger partial charge is 0.496 e. The molecule has 0 fully saturated rings. The molecule has 2 aromatic heterocycles. The summed E-state index contributed by atoms with van der Waals surface area (Å²) in [6.07, 6.45) is 0.156. The van der Waals surface area contributed by atoms with Crippen molar-refractivity contribution in [2.24, 2.45) is 7.05 Å². The number of methoxy groups -OCH3 is 1. The van der Waals surface area contributed by atoms with E-state index in [0.29, 0.717) is 11.4 Å². The Morgan fingerprint density at radius 2 is 2.06 bits per heavy atom. The maximum atomic E-state index is 12.4. The third-order valence-electron chi connectivity index (χ3n) is 4.88. The summed E-state index contributed by atoms with van der Waals surface area (Å²) >= 11 is 1.40. The molecule has 0 aliphatic heterocycles. The number of rotatable bonds is 6. The van der Waals surface area contributed by atoms with E-state index in [2.05, 4.69) is 15.6 Å². The van der Waals surface area contributed by atoms with E-state index in [1.165, 1.54) is 11.3 Å². The molecule has 0 bridgehead atoms. The van der Waals surface area contributed by atoms with Crippen LogP contribution in [-0.4, -0.2) is 33.2 Å². The van der Waals surface area contributed by atoms with Gasteiger partial charge in [0.05, 0.1) is 23.9 Å². The Labute approximate surface area is 183 Å². The molecule has 0 unspecified atom stereocenters. The molecule has 0 aliphatic carbocycles. The number of hydrogen-bond donors (Lipinski definition) is 1. The molecule has 9 heteroatoms. The van der Waals surface area contributed by atoms with Gasteiger partial charge in [0, 0.05) is 7.05 Å². The zero-order valence-electron chi connectivity index (χ0n) is 17.8. The summed E-state index contributed by atoms with van der Waals surface area (Å²) in [5.41, 5.74) is 5.33. The average molecular weight is 438 g/mol. The van der Waals surface area contributed by atoms with Crippen LogP contribution in [0.4, 0.5) is 9.80 Å². The highest BCUT2D eigenvalue weighted by Crippen LogP contribution is 2.37. The fourth-order valence-electron chi connectivity index (χ4n) is 3.23. The van der Waals surface area contributed by atoms with E-state index in [0.717, 1.165) is 44.2 Å². The number of benzene rings is 2. The molecule has 0 radical (unpaired) electrons. The van der Waals surface area contributed by atoms with Crippen molar-refractivity contribution in [2.75, 3.05) is 12.4 Å². The van der Waals surface area contributed by atoms with E-state index in [-0.39, 0.29) is 6.61 Å². The van der Waals surface area contributed by atoms with Gasteiger partial charge in [-0.3, -0.25) is 5.32 Å². The van der Waals surface area contributed by atoms with Crippen LogP contribution < -0.4 is 10.1 Å². The summed E-state index contributed by atoms with van der Waals surface area (Å²) in [5.74, 6) is 0.755. The number of ether oxygens (including phenoxy) is 2. The molecule has 4 rings (SSSR count). The van der Waals surface area contributed by atoms with E-state index in [9.17, 15) is 4.79 Å². The predicted octanol–water partition coefficient (Wildman–Crippen LogP) is 4.72. The molecule has 1 amide bonds. The van der Waals surface area contributed by atoms with Gasteiger partial charge in [0.15, 0.2) is 0 Å². The minimum Gasteiger partial charge on any atom is -0.496 e. The van der Waals surface area contributed by atoms with Crippen molar-refractivity contribution in [2.45, 2.75) is 26.9 Å². The van der Waals surface area contributed by atoms with Gasteiger partial charge in [0.1, 0.15) is 27.9 Å². The summed E-state index contributed by atoms with van der Waals surface area (Å²) in [5, 5.41) is 12.4. The lowest BCUT2D eigenvalue weighted by Crippen LogP contribution is -2.13. The number of nitrogens with zero attached hydrogens (tertiary/aromatic N) is 4. The minimum atomic E-state index is -0.528. The quantitative estimate of drug-likeness (QED) is 0.469. The molecule has 1 N–H and O–H groups in total. The van der Waals surface area contributed by atoms with Crippen LogP contribution >= 0.6 is 11.3 Å². The van der Waals surface area contributed by atoms with E-state index in [4.69, 9.17) is 14.5 Å². The molecule has 0 aliphatic rings. The average Bonchev–Trinajstić information content (AvgIpc) is 3.35. The van der Waals surface area contributed by atoms with E-state index in [1.54, 1.807) is 11.8 Å². The molecular formula is C22H23N5O3S. The van der Waals surface area contributed by atoms with Crippen LogP contribution in [0.15, 0.2) is 36.4 Å². The molecule has 0 atom stereocenters. The molecule has 0 saturated heterocycles. The third-order valence-corrected chi connectivity index (χ3v) is 5.93. The first-order valence-electron chi connectivity index (χ1n) is 9.85. The van der Waals surface area contributed by atoms with Gasteiger partial charge in [-0.15, -0.1) is 5.10 Å². The normalized spacial score (nSPS) is 11.0. The fourth-order valence-corrected chi connectivity index (χ4v) is 4.30. The van der Waals surface area contributed by atoms with Crippen molar-refractivity contribution in [1.29, 1.82) is 0 Å².